The fourth-order valence-electron chi connectivity index (χ4n) is 2.32. The molecule has 1 aliphatic carbocycles. The van der Waals surface area contributed by atoms with Crippen LogP contribution < -0.4 is 4.74 Å². The Kier molecular flexibility index (Phi) is 5.69. The van der Waals surface area contributed by atoms with Crippen molar-refractivity contribution in [1.82, 2.24) is 0 Å². The van der Waals surface area contributed by atoms with Gasteiger partial charge in [-0.25, -0.2) is 0 Å². The highest BCUT2D eigenvalue weighted by molar-refractivity contribution is 5.94. The van der Waals surface area contributed by atoms with E-state index in [-0.39, 0.29) is 24.0 Å². The van der Waals surface area contributed by atoms with E-state index in [0.29, 0.717) is 37.2 Å². The van der Waals surface area contributed by atoms with E-state index in [4.69, 9.17) is 9.47 Å². The Morgan fingerprint density at radius 2 is 1.95 bits per heavy atom. The molecule has 0 aliphatic heterocycles. The van der Waals surface area contributed by atoms with E-state index in [1.807, 2.05) is 0 Å². The minimum Gasteiger partial charge on any atom is -0.494 e. The standard InChI is InChI=1S/C17H20O5/c1-12(18)13-7-9-14(10-8-13)21-11-3-6-17(20)22-16-5-2-4-15(16)19/h7-10,16H,2-6,11H2,1H3/t16-/m0/s1. The summed E-state index contributed by atoms with van der Waals surface area (Å²) >= 11 is 0. The highest BCUT2D eigenvalue weighted by Gasteiger charge is 2.27. The second-order valence-electron chi connectivity index (χ2n) is 5.37. The van der Waals surface area contributed by atoms with E-state index < -0.39 is 6.10 Å². The summed E-state index contributed by atoms with van der Waals surface area (Å²) in [6.45, 7) is 1.89. The van der Waals surface area contributed by atoms with Crippen LogP contribution in [0.1, 0.15) is 49.4 Å². The summed E-state index contributed by atoms with van der Waals surface area (Å²) in [5.74, 6) is 0.339. The van der Waals surface area contributed by atoms with E-state index in [2.05, 4.69) is 0 Å². The molecule has 0 bridgehead atoms. The zero-order valence-corrected chi connectivity index (χ0v) is 12.7. The molecule has 1 atom stereocenters. The van der Waals surface area contributed by atoms with Crippen molar-refractivity contribution in [3.63, 3.8) is 0 Å². The van der Waals surface area contributed by atoms with Crippen LogP contribution in [0, 0.1) is 0 Å². The Labute approximate surface area is 129 Å². The van der Waals surface area contributed by atoms with E-state index in [1.165, 1.54) is 6.92 Å². The number of ketones is 2. The van der Waals surface area contributed by atoms with Gasteiger partial charge in [-0.3, -0.25) is 14.4 Å². The number of ether oxygens (including phenoxy) is 2. The third-order valence-electron chi connectivity index (χ3n) is 3.58. The van der Waals surface area contributed by atoms with Crippen LogP contribution in [-0.4, -0.2) is 30.2 Å². The number of hydrogen-bond acceptors (Lipinski definition) is 5. The van der Waals surface area contributed by atoms with Gasteiger partial charge in [-0.15, -0.1) is 0 Å². The van der Waals surface area contributed by atoms with Gasteiger partial charge in [-0.2, -0.15) is 0 Å². The molecule has 0 N–H and O–H groups in total. The van der Waals surface area contributed by atoms with Crippen LogP contribution in [0.15, 0.2) is 24.3 Å². The normalized spacial score (nSPS) is 17.3. The molecule has 1 saturated carbocycles. The summed E-state index contributed by atoms with van der Waals surface area (Å²) in [4.78, 5) is 34.1. The maximum Gasteiger partial charge on any atom is 0.306 e. The lowest BCUT2D eigenvalue weighted by atomic mass is 10.1. The summed E-state index contributed by atoms with van der Waals surface area (Å²) < 4.78 is 10.6. The predicted octanol–water partition coefficient (Wildman–Crippen LogP) is 2.71. The van der Waals surface area contributed by atoms with Gasteiger partial charge in [0.2, 0.25) is 0 Å². The highest BCUT2D eigenvalue weighted by Crippen LogP contribution is 2.18. The minimum atomic E-state index is -0.535. The van der Waals surface area contributed by atoms with Crippen LogP contribution in [0.4, 0.5) is 0 Å². The van der Waals surface area contributed by atoms with Crippen molar-refractivity contribution in [3.05, 3.63) is 29.8 Å². The third kappa shape index (κ3) is 4.69. The average Bonchev–Trinajstić information content (AvgIpc) is 2.89. The molecule has 5 nitrogen and oxygen atoms in total. The van der Waals surface area contributed by atoms with E-state index in [1.54, 1.807) is 24.3 Å². The van der Waals surface area contributed by atoms with Crippen molar-refractivity contribution in [2.45, 2.75) is 45.1 Å². The summed E-state index contributed by atoms with van der Waals surface area (Å²) in [6.07, 6.45) is 2.17. The molecule has 1 aromatic rings. The molecule has 118 valence electrons. The summed E-state index contributed by atoms with van der Waals surface area (Å²) in [6, 6.07) is 6.87. The topological polar surface area (TPSA) is 69.7 Å². The van der Waals surface area contributed by atoms with Gasteiger partial charge in [-0.1, -0.05) is 0 Å². The summed E-state index contributed by atoms with van der Waals surface area (Å²) in [5, 5.41) is 0. The van der Waals surface area contributed by atoms with Gasteiger partial charge in [0.1, 0.15) is 5.75 Å². The SMILES string of the molecule is CC(=O)c1ccc(OCCCC(=O)O[C@H]2CCCC2=O)cc1. The van der Waals surface area contributed by atoms with Crippen LogP contribution >= 0.6 is 0 Å². The second-order valence-corrected chi connectivity index (χ2v) is 5.37. The van der Waals surface area contributed by atoms with Gasteiger partial charge in [0, 0.05) is 18.4 Å². The highest BCUT2D eigenvalue weighted by atomic mass is 16.5. The lowest BCUT2D eigenvalue weighted by Gasteiger charge is -2.10. The lowest BCUT2D eigenvalue weighted by molar-refractivity contribution is -0.153. The van der Waals surface area contributed by atoms with Crippen molar-refractivity contribution in [2.24, 2.45) is 0 Å². The van der Waals surface area contributed by atoms with Crippen molar-refractivity contribution in [2.75, 3.05) is 6.61 Å². The molecule has 0 amide bonds. The number of hydrogen-bond donors (Lipinski definition) is 0. The fraction of sp³-hybridized carbons (Fsp3) is 0.471. The molecule has 5 heteroatoms. The largest absolute Gasteiger partial charge is 0.494 e. The van der Waals surface area contributed by atoms with Crippen LogP contribution in [0.3, 0.4) is 0 Å². The second kappa shape index (κ2) is 7.73. The first kappa shape index (κ1) is 16.2. The first-order chi connectivity index (χ1) is 10.6. The van der Waals surface area contributed by atoms with Crippen molar-refractivity contribution >= 4 is 17.5 Å². The maximum absolute atomic E-state index is 11.6. The Morgan fingerprint density at radius 3 is 2.55 bits per heavy atom. The van der Waals surface area contributed by atoms with Crippen LogP contribution in [-0.2, 0) is 14.3 Å². The third-order valence-corrected chi connectivity index (χ3v) is 3.58. The fourth-order valence-corrected chi connectivity index (χ4v) is 2.32. The van der Waals surface area contributed by atoms with Crippen molar-refractivity contribution in [3.8, 4) is 5.75 Å². The number of esters is 1. The number of carbonyl (C=O) groups is 3. The molecule has 1 fully saturated rings. The lowest BCUT2D eigenvalue weighted by Crippen LogP contribution is -2.22. The van der Waals surface area contributed by atoms with Gasteiger partial charge in [0.05, 0.1) is 6.61 Å². The number of benzene rings is 1. The zero-order chi connectivity index (χ0) is 15.9. The van der Waals surface area contributed by atoms with Gasteiger partial charge in [-0.05, 0) is 50.5 Å². The minimum absolute atomic E-state index is 0.00996. The predicted molar refractivity (Wildman–Crippen MR) is 79.9 cm³/mol. The monoisotopic (exact) mass is 304 g/mol. The van der Waals surface area contributed by atoms with E-state index in [9.17, 15) is 14.4 Å². The number of carbonyl (C=O) groups excluding carboxylic acids is 3. The molecular formula is C17H20O5. The molecule has 22 heavy (non-hydrogen) atoms. The van der Waals surface area contributed by atoms with Crippen LogP contribution in [0.5, 0.6) is 5.75 Å². The molecule has 0 radical (unpaired) electrons. The molecule has 0 heterocycles. The smallest absolute Gasteiger partial charge is 0.306 e. The van der Waals surface area contributed by atoms with E-state index in [0.717, 1.165) is 6.42 Å². The van der Waals surface area contributed by atoms with Crippen molar-refractivity contribution < 1.29 is 23.9 Å². The Balaban J connectivity index is 1.65. The molecule has 0 spiro atoms. The molecule has 2 rings (SSSR count). The Morgan fingerprint density at radius 1 is 1.23 bits per heavy atom. The molecule has 0 saturated heterocycles. The summed E-state index contributed by atoms with van der Waals surface area (Å²) in [5.41, 5.74) is 0.636. The average molecular weight is 304 g/mol. The summed E-state index contributed by atoms with van der Waals surface area (Å²) in [7, 11) is 0. The molecule has 0 unspecified atom stereocenters. The molecule has 0 aromatic heterocycles. The molecular weight excluding hydrogens is 284 g/mol. The first-order valence-corrected chi connectivity index (χ1v) is 7.52. The first-order valence-electron chi connectivity index (χ1n) is 7.52. The van der Waals surface area contributed by atoms with Crippen LogP contribution in [0.2, 0.25) is 0 Å². The maximum atomic E-state index is 11.6. The number of Topliss-reactive ketones (excluding diaryl/α,β-unsaturated/α-hetero) is 2. The zero-order valence-electron chi connectivity index (χ0n) is 12.7. The van der Waals surface area contributed by atoms with Crippen molar-refractivity contribution in [1.29, 1.82) is 0 Å². The van der Waals surface area contributed by atoms with Gasteiger partial charge in [0.15, 0.2) is 17.7 Å². The Bertz CT molecular complexity index is 547. The van der Waals surface area contributed by atoms with Gasteiger partial charge in [0.25, 0.3) is 0 Å². The Hall–Kier alpha value is -2.17. The van der Waals surface area contributed by atoms with E-state index >= 15 is 0 Å². The molecule has 1 aromatic carbocycles. The quantitative estimate of drug-likeness (QED) is 0.440. The van der Waals surface area contributed by atoms with Gasteiger partial charge < -0.3 is 9.47 Å². The molecule has 1 aliphatic rings. The van der Waals surface area contributed by atoms with Crippen LogP contribution in [0.25, 0.3) is 0 Å². The number of rotatable bonds is 7. The van der Waals surface area contributed by atoms with Gasteiger partial charge >= 0.3 is 5.97 Å².